The lowest BCUT2D eigenvalue weighted by Crippen LogP contribution is -2.22. The first kappa shape index (κ1) is 21.5. The molecule has 27 heavy (non-hydrogen) atoms. The quantitative estimate of drug-likeness (QED) is 0.439. The number of rotatable bonds is 11. The lowest BCUT2D eigenvalue weighted by atomic mass is 10.2. The monoisotopic (exact) mass is 388 g/mol. The molecular formula is C21H36N4OSi. The van der Waals surface area contributed by atoms with E-state index in [4.69, 9.17) is 4.74 Å². The van der Waals surface area contributed by atoms with Crippen LogP contribution in [-0.4, -0.2) is 37.8 Å². The minimum Gasteiger partial charge on any atom is -0.385 e. The molecule has 0 fully saturated rings. The largest absolute Gasteiger partial charge is 0.385 e. The third-order valence-corrected chi connectivity index (χ3v) is 6.13. The van der Waals surface area contributed by atoms with Crippen LogP contribution in [0.1, 0.15) is 19.5 Å². The summed E-state index contributed by atoms with van der Waals surface area (Å²) in [5, 5.41) is 3.50. The van der Waals surface area contributed by atoms with E-state index >= 15 is 0 Å². The molecule has 150 valence electrons. The van der Waals surface area contributed by atoms with Crippen molar-refractivity contribution in [2.24, 2.45) is 5.92 Å². The summed E-state index contributed by atoms with van der Waals surface area (Å²) in [5.41, 5.74) is 3.51. The van der Waals surface area contributed by atoms with Crippen LogP contribution in [-0.2, 0) is 18.0 Å². The maximum absolute atomic E-state index is 5.88. The highest BCUT2D eigenvalue weighted by Crippen LogP contribution is 2.20. The molecule has 0 amide bonds. The molecular weight excluding hydrogens is 352 g/mol. The predicted molar refractivity (Wildman–Crippen MR) is 118 cm³/mol. The topological polar surface area (TPSA) is 42.3 Å². The van der Waals surface area contributed by atoms with E-state index in [1.54, 1.807) is 0 Å². The Morgan fingerprint density at radius 2 is 2.04 bits per heavy atom. The summed E-state index contributed by atoms with van der Waals surface area (Å²) < 4.78 is 7.98. The third-order valence-electron chi connectivity index (χ3n) is 4.43. The summed E-state index contributed by atoms with van der Waals surface area (Å²) in [6, 6.07) is 9.76. The van der Waals surface area contributed by atoms with Gasteiger partial charge in [-0.15, -0.1) is 0 Å². The Kier molecular flexibility index (Phi) is 7.92. The fourth-order valence-electron chi connectivity index (χ4n) is 2.65. The van der Waals surface area contributed by atoms with Gasteiger partial charge in [0.2, 0.25) is 0 Å². The first-order valence-electron chi connectivity index (χ1n) is 9.86. The second kappa shape index (κ2) is 9.94. The molecule has 0 saturated heterocycles. The SMILES string of the molecule is CC(C)CNc1cccc(N(C)Cc2cncn2COCC[Si](C)(C)C)c1. The second-order valence-electron chi connectivity index (χ2n) is 8.88. The first-order chi connectivity index (χ1) is 12.7. The van der Waals surface area contributed by atoms with Crippen molar-refractivity contribution in [2.45, 2.75) is 52.8 Å². The number of nitrogens with one attached hydrogen (secondary N) is 1. The van der Waals surface area contributed by atoms with Gasteiger partial charge in [0.05, 0.1) is 24.8 Å². The molecule has 0 unspecified atom stereocenters. The molecule has 5 nitrogen and oxygen atoms in total. The maximum Gasteiger partial charge on any atom is 0.124 e. The van der Waals surface area contributed by atoms with E-state index in [-0.39, 0.29) is 0 Å². The molecule has 0 bridgehead atoms. The van der Waals surface area contributed by atoms with Gasteiger partial charge >= 0.3 is 0 Å². The smallest absolute Gasteiger partial charge is 0.124 e. The summed E-state index contributed by atoms with van der Waals surface area (Å²) >= 11 is 0. The van der Waals surface area contributed by atoms with Crippen molar-refractivity contribution < 1.29 is 4.74 Å². The fraction of sp³-hybridized carbons (Fsp3) is 0.571. The van der Waals surface area contributed by atoms with Crippen LogP contribution in [0, 0.1) is 5.92 Å². The van der Waals surface area contributed by atoms with Crippen molar-refractivity contribution >= 4 is 19.4 Å². The van der Waals surface area contributed by atoms with Crippen LogP contribution in [0.4, 0.5) is 11.4 Å². The average Bonchev–Trinajstić information content (AvgIpc) is 3.03. The molecule has 1 aromatic heterocycles. The Labute approximate surface area is 165 Å². The minimum atomic E-state index is -1.05. The minimum absolute atomic E-state index is 0.573. The van der Waals surface area contributed by atoms with Gasteiger partial charge in [0, 0.05) is 39.6 Å². The van der Waals surface area contributed by atoms with Crippen LogP contribution in [0.3, 0.4) is 0 Å². The molecule has 0 aliphatic carbocycles. The lowest BCUT2D eigenvalue weighted by molar-refractivity contribution is 0.0853. The van der Waals surface area contributed by atoms with E-state index in [0.717, 1.165) is 31.1 Å². The van der Waals surface area contributed by atoms with Gasteiger partial charge < -0.3 is 19.5 Å². The Hall–Kier alpha value is -1.79. The summed E-state index contributed by atoms with van der Waals surface area (Å²) in [5.74, 6) is 0.627. The summed E-state index contributed by atoms with van der Waals surface area (Å²) in [7, 11) is 1.07. The van der Waals surface area contributed by atoms with Crippen LogP contribution in [0.25, 0.3) is 0 Å². The summed E-state index contributed by atoms with van der Waals surface area (Å²) in [6.07, 6.45) is 3.79. The molecule has 6 heteroatoms. The Morgan fingerprint density at radius 3 is 2.74 bits per heavy atom. The van der Waals surface area contributed by atoms with Crippen molar-refractivity contribution in [3.63, 3.8) is 0 Å². The number of benzene rings is 1. The molecule has 0 atom stereocenters. The van der Waals surface area contributed by atoms with Gasteiger partial charge in [0.15, 0.2) is 0 Å². The molecule has 0 aliphatic rings. The van der Waals surface area contributed by atoms with Gasteiger partial charge in [-0.1, -0.05) is 39.6 Å². The zero-order valence-electron chi connectivity index (χ0n) is 17.8. The number of hydrogen-bond donors (Lipinski definition) is 1. The highest BCUT2D eigenvalue weighted by Gasteiger charge is 2.13. The first-order valence-corrected chi connectivity index (χ1v) is 13.6. The summed E-state index contributed by atoms with van der Waals surface area (Å²) in [4.78, 5) is 6.56. The molecule has 1 N–H and O–H groups in total. The van der Waals surface area contributed by atoms with E-state index in [9.17, 15) is 0 Å². The van der Waals surface area contributed by atoms with Crippen LogP contribution in [0.2, 0.25) is 25.7 Å². The van der Waals surface area contributed by atoms with Gasteiger partial charge in [0.1, 0.15) is 6.73 Å². The molecule has 1 aromatic carbocycles. The number of nitrogens with zero attached hydrogens (tertiary/aromatic N) is 3. The highest BCUT2D eigenvalue weighted by atomic mass is 28.3. The molecule has 0 radical (unpaired) electrons. The molecule has 2 rings (SSSR count). The maximum atomic E-state index is 5.88. The van der Waals surface area contributed by atoms with Crippen LogP contribution >= 0.6 is 0 Å². The zero-order chi connectivity index (χ0) is 19.9. The normalized spacial score (nSPS) is 11.8. The number of ether oxygens (including phenoxy) is 1. The molecule has 2 aromatic rings. The molecule has 1 heterocycles. The summed E-state index contributed by atoms with van der Waals surface area (Å²) in [6.45, 7) is 14.7. The highest BCUT2D eigenvalue weighted by molar-refractivity contribution is 6.76. The average molecular weight is 389 g/mol. The van der Waals surface area contributed by atoms with Gasteiger partial charge in [-0.25, -0.2) is 4.98 Å². The van der Waals surface area contributed by atoms with Gasteiger partial charge in [-0.3, -0.25) is 0 Å². The fourth-order valence-corrected chi connectivity index (χ4v) is 3.40. The van der Waals surface area contributed by atoms with Gasteiger partial charge in [0.25, 0.3) is 0 Å². The zero-order valence-corrected chi connectivity index (χ0v) is 18.8. The van der Waals surface area contributed by atoms with E-state index in [0.29, 0.717) is 12.6 Å². The van der Waals surface area contributed by atoms with E-state index in [1.165, 1.54) is 11.7 Å². The van der Waals surface area contributed by atoms with E-state index < -0.39 is 8.07 Å². The van der Waals surface area contributed by atoms with E-state index in [2.05, 4.69) is 84.6 Å². The van der Waals surface area contributed by atoms with Crippen molar-refractivity contribution in [2.75, 3.05) is 30.4 Å². The lowest BCUT2D eigenvalue weighted by Gasteiger charge is -2.21. The Morgan fingerprint density at radius 1 is 1.26 bits per heavy atom. The number of anilines is 2. The second-order valence-corrected chi connectivity index (χ2v) is 14.5. The molecule has 0 spiro atoms. The van der Waals surface area contributed by atoms with Gasteiger partial charge in [-0.2, -0.15) is 0 Å². The van der Waals surface area contributed by atoms with Crippen LogP contribution in [0.5, 0.6) is 0 Å². The molecule has 0 aliphatic heterocycles. The van der Waals surface area contributed by atoms with Crippen molar-refractivity contribution in [1.82, 2.24) is 9.55 Å². The number of aromatic nitrogens is 2. The predicted octanol–water partition coefficient (Wildman–Crippen LogP) is 4.90. The van der Waals surface area contributed by atoms with Gasteiger partial charge in [-0.05, 0) is 30.2 Å². The van der Waals surface area contributed by atoms with Crippen molar-refractivity contribution in [3.05, 3.63) is 42.5 Å². The Balaban J connectivity index is 1.91. The van der Waals surface area contributed by atoms with Crippen LogP contribution < -0.4 is 10.2 Å². The molecule has 0 saturated carbocycles. The van der Waals surface area contributed by atoms with Crippen LogP contribution in [0.15, 0.2) is 36.8 Å². The van der Waals surface area contributed by atoms with Crippen molar-refractivity contribution in [3.8, 4) is 0 Å². The Bertz CT molecular complexity index is 693. The number of hydrogen-bond acceptors (Lipinski definition) is 4. The van der Waals surface area contributed by atoms with Crippen molar-refractivity contribution in [1.29, 1.82) is 0 Å². The number of imidazole rings is 1. The standard InChI is InChI=1S/C21H36N4OSi/c1-18(2)13-23-19-8-7-9-20(12-19)24(3)15-21-14-22-16-25(21)17-26-10-11-27(4,5)6/h7-9,12,14,16,18,23H,10-11,13,15,17H2,1-6H3. The van der Waals surface area contributed by atoms with E-state index in [1.807, 2.05) is 12.5 Å². The third kappa shape index (κ3) is 7.77.